The van der Waals surface area contributed by atoms with Crippen LogP contribution in [-0.2, 0) is 47.8 Å². The molecule has 3 aromatic carbocycles. The third-order valence-electron chi connectivity index (χ3n) is 11.4. The van der Waals surface area contributed by atoms with Crippen LogP contribution in [0.2, 0.25) is 0 Å². The van der Waals surface area contributed by atoms with Gasteiger partial charge in [0.05, 0.1) is 17.8 Å². The summed E-state index contributed by atoms with van der Waals surface area (Å²) in [5.74, 6) is -0.221. The van der Waals surface area contributed by atoms with Crippen molar-refractivity contribution in [3.63, 3.8) is 0 Å². The highest BCUT2D eigenvalue weighted by molar-refractivity contribution is 6.62. The summed E-state index contributed by atoms with van der Waals surface area (Å²) in [5.41, 5.74) is 7.07. The molecule has 0 radical (unpaired) electrons. The van der Waals surface area contributed by atoms with Gasteiger partial charge in [0, 0.05) is 34.9 Å². The van der Waals surface area contributed by atoms with Crippen molar-refractivity contribution < 1.29 is 37.9 Å². The van der Waals surface area contributed by atoms with Gasteiger partial charge in [-0.1, -0.05) is 56.3 Å². The van der Waals surface area contributed by atoms with Crippen LogP contribution >= 0.6 is 0 Å². The number of amides is 2. The molecule has 12 nitrogen and oxygen atoms in total. The normalized spacial score (nSPS) is 21.9. The van der Waals surface area contributed by atoms with Gasteiger partial charge in [-0.25, -0.2) is 10.2 Å². The lowest BCUT2D eigenvalue weighted by Gasteiger charge is -2.35. The summed E-state index contributed by atoms with van der Waals surface area (Å²) >= 11 is 0. The smallest absolute Gasteiger partial charge is 0.489 e. The number of hydrogen-bond donors (Lipinski definition) is 3. The molecule has 0 unspecified atom stereocenters. The second kappa shape index (κ2) is 15.7. The maximum absolute atomic E-state index is 14.4. The average molecular weight is 793 g/mol. The van der Waals surface area contributed by atoms with Crippen molar-refractivity contribution in [3.8, 4) is 16.9 Å². The average Bonchev–Trinajstić information content (AvgIpc) is 3.62. The number of alkyl carbamates (subject to hydrolysis) is 1. The van der Waals surface area contributed by atoms with Crippen molar-refractivity contribution in [2.45, 2.75) is 123 Å². The number of carbonyl (C=O) groups is 3. The van der Waals surface area contributed by atoms with E-state index in [0.29, 0.717) is 38.2 Å². The predicted molar refractivity (Wildman–Crippen MR) is 223 cm³/mol. The molecule has 4 aromatic rings. The van der Waals surface area contributed by atoms with Gasteiger partial charge in [-0.05, 0) is 120 Å². The van der Waals surface area contributed by atoms with Crippen molar-refractivity contribution in [1.82, 2.24) is 20.7 Å². The summed E-state index contributed by atoms with van der Waals surface area (Å²) < 4.78 is 31.2. The van der Waals surface area contributed by atoms with Gasteiger partial charge in [0.1, 0.15) is 30.0 Å². The predicted octanol–water partition coefficient (Wildman–Crippen LogP) is 6.77. The molecule has 4 heterocycles. The van der Waals surface area contributed by atoms with E-state index in [2.05, 4.69) is 47.8 Å². The number of carbonyl (C=O) groups excluding carboxylic acids is 3. The van der Waals surface area contributed by atoms with Crippen molar-refractivity contribution >= 4 is 41.6 Å². The van der Waals surface area contributed by atoms with Crippen LogP contribution in [-0.4, -0.2) is 77.1 Å². The molecule has 7 rings (SSSR count). The summed E-state index contributed by atoms with van der Waals surface area (Å²) in [6.45, 7) is 18.4. The molecule has 0 saturated carbocycles. The molecule has 2 saturated heterocycles. The first-order valence-electron chi connectivity index (χ1n) is 20.3. The first kappa shape index (κ1) is 41.3. The van der Waals surface area contributed by atoms with Crippen LogP contribution in [0.5, 0.6) is 5.75 Å². The van der Waals surface area contributed by atoms with Crippen LogP contribution in [0.15, 0.2) is 66.7 Å². The lowest BCUT2D eigenvalue weighted by molar-refractivity contribution is -0.155. The zero-order valence-electron chi connectivity index (χ0n) is 35.2. The summed E-state index contributed by atoms with van der Waals surface area (Å²) in [6.07, 6.45) is 1.02. The molecule has 0 spiro atoms. The molecule has 6 bridgehead atoms. The number of hydrazine groups is 1. The van der Waals surface area contributed by atoms with Crippen molar-refractivity contribution in [3.05, 3.63) is 83.4 Å². The maximum Gasteiger partial charge on any atom is 0.512 e. The largest absolute Gasteiger partial charge is 0.512 e. The number of H-pyrrole nitrogens is 1. The molecule has 3 N–H and O–H groups in total. The van der Waals surface area contributed by atoms with E-state index in [1.54, 1.807) is 20.8 Å². The third-order valence-corrected chi connectivity index (χ3v) is 11.4. The SMILES string of the molecule is CC1(C)COC(=O)[C@@H]2CCCN(N2)C(=O)[C@@H](NC(=O)OC(C)(C)C)Cc2cc(OCc3ccccc3)cc(c2)-c2ccc3[nH]c(B4OC(C)(C)C(C)(C)O4)c(c3c2)C1. The zero-order chi connectivity index (χ0) is 41.6. The lowest BCUT2D eigenvalue weighted by atomic mass is 9.76. The molecule has 3 aliphatic heterocycles. The van der Waals surface area contributed by atoms with E-state index in [1.807, 2.05) is 76.2 Å². The van der Waals surface area contributed by atoms with E-state index in [-0.39, 0.29) is 13.0 Å². The van der Waals surface area contributed by atoms with E-state index in [4.69, 9.17) is 23.5 Å². The van der Waals surface area contributed by atoms with E-state index >= 15 is 0 Å². The number of rotatable bonds is 5. The van der Waals surface area contributed by atoms with Gasteiger partial charge >= 0.3 is 19.2 Å². The van der Waals surface area contributed by atoms with E-state index in [0.717, 1.165) is 44.3 Å². The Morgan fingerprint density at radius 2 is 1.67 bits per heavy atom. The standard InChI is InChI=1S/C45H57BN4O8/c1-42(2,3)56-41(53)48-37-22-29-20-31(23-32(21-29)54-26-28-14-11-10-12-15-28)30-17-18-35-33(24-30)34(38(47-35)46-57-44(6,7)45(8,9)58-46)25-43(4,5)27-55-40(52)36-16-13-19-50(49-36)39(37)51/h10-12,14-15,17-18,20-21,23-24,36-37,47,49H,13,16,19,22,25-27H2,1-9H3,(H,48,53)/t36-,37-/m0/s1. The minimum absolute atomic E-state index is 0.124. The Balaban J connectivity index is 1.36. The van der Waals surface area contributed by atoms with Crippen molar-refractivity contribution in [2.24, 2.45) is 5.41 Å². The van der Waals surface area contributed by atoms with Crippen LogP contribution in [0, 0.1) is 5.41 Å². The summed E-state index contributed by atoms with van der Waals surface area (Å²) in [7, 11) is -0.641. The van der Waals surface area contributed by atoms with Gasteiger partial charge in [0.25, 0.3) is 5.91 Å². The molecular formula is C45H57BN4O8. The number of aromatic amines is 1. The Bertz CT molecular complexity index is 2160. The fourth-order valence-corrected chi connectivity index (χ4v) is 7.66. The molecule has 58 heavy (non-hydrogen) atoms. The first-order valence-corrected chi connectivity index (χ1v) is 20.3. The Hall–Kier alpha value is -4.85. The lowest BCUT2D eigenvalue weighted by Crippen LogP contribution is -2.60. The Morgan fingerprint density at radius 1 is 0.948 bits per heavy atom. The number of ether oxygens (including phenoxy) is 3. The summed E-state index contributed by atoms with van der Waals surface area (Å²) in [5, 5.41) is 5.26. The van der Waals surface area contributed by atoms with Gasteiger partial charge < -0.3 is 33.8 Å². The minimum Gasteiger partial charge on any atom is -0.489 e. The van der Waals surface area contributed by atoms with E-state index in [1.165, 1.54) is 5.01 Å². The summed E-state index contributed by atoms with van der Waals surface area (Å²) in [4.78, 5) is 45.0. The van der Waals surface area contributed by atoms with Crippen molar-refractivity contribution in [1.29, 1.82) is 0 Å². The van der Waals surface area contributed by atoms with Gasteiger partial charge in [-0.15, -0.1) is 0 Å². The molecule has 3 aliphatic rings. The number of fused-ring (bicyclic) bond motifs is 6. The van der Waals surface area contributed by atoms with Crippen molar-refractivity contribution in [2.75, 3.05) is 13.2 Å². The van der Waals surface area contributed by atoms with Gasteiger partial charge in [-0.3, -0.25) is 14.6 Å². The number of benzene rings is 3. The van der Waals surface area contributed by atoms with E-state index in [9.17, 15) is 14.4 Å². The summed E-state index contributed by atoms with van der Waals surface area (Å²) in [6, 6.07) is 20.4. The minimum atomic E-state index is -1.03. The number of cyclic esters (lactones) is 1. The van der Waals surface area contributed by atoms with Gasteiger partial charge in [-0.2, -0.15) is 0 Å². The van der Waals surface area contributed by atoms with Crippen LogP contribution in [0.4, 0.5) is 4.79 Å². The second-order valence-electron chi connectivity index (χ2n) is 18.7. The molecule has 13 heteroatoms. The van der Waals surface area contributed by atoms with Gasteiger partial charge in [0.15, 0.2) is 0 Å². The molecule has 1 aromatic heterocycles. The molecule has 308 valence electrons. The van der Waals surface area contributed by atoms with Gasteiger partial charge in [0.2, 0.25) is 0 Å². The highest BCUT2D eigenvalue weighted by Gasteiger charge is 2.53. The highest BCUT2D eigenvalue weighted by atomic mass is 16.7. The number of hydrogen-bond acceptors (Lipinski definition) is 9. The highest BCUT2D eigenvalue weighted by Crippen LogP contribution is 2.39. The fraction of sp³-hybridized carbons (Fsp3) is 0.489. The molecular weight excluding hydrogens is 735 g/mol. The quantitative estimate of drug-likeness (QED) is 0.148. The van der Waals surface area contributed by atoms with Crippen LogP contribution in [0.1, 0.15) is 91.8 Å². The number of nitrogens with one attached hydrogen (secondary N) is 3. The van der Waals surface area contributed by atoms with Crippen LogP contribution in [0.3, 0.4) is 0 Å². The number of nitrogens with zero attached hydrogens (tertiary/aromatic N) is 1. The zero-order valence-corrected chi connectivity index (χ0v) is 35.2. The molecule has 2 fully saturated rings. The molecule has 2 amide bonds. The Labute approximate surface area is 341 Å². The Kier molecular flexibility index (Phi) is 11.2. The topological polar surface area (TPSA) is 140 Å². The second-order valence-corrected chi connectivity index (χ2v) is 18.7. The molecule has 0 aliphatic carbocycles. The third kappa shape index (κ3) is 9.22. The first-order chi connectivity index (χ1) is 27.3. The molecule has 2 atom stereocenters. The number of esters is 1. The number of aromatic nitrogens is 1. The van der Waals surface area contributed by atoms with E-state index < -0.39 is 59.4 Å². The monoisotopic (exact) mass is 792 g/mol. The fourth-order valence-electron chi connectivity index (χ4n) is 7.66. The Morgan fingerprint density at radius 3 is 2.38 bits per heavy atom. The maximum atomic E-state index is 14.4. The van der Waals surface area contributed by atoms with Crippen LogP contribution < -0.4 is 21.1 Å². The van der Waals surface area contributed by atoms with Crippen LogP contribution in [0.25, 0.3) is 22.0 Å².